The largest absolute Gasteiger partial charge is 0.462 e. The van der Waals surface area contributed by atoms with E-state index in [1.807, 2.05) is 0 Å². The molecule has 0 saturated heterocycles. The SMILES string of the molecule is CCOC(=O)c1cc(SC(F)(F)F)c(C#N)cc1CC. The van der Waals surface area contributed by atoms with E-state index in [-0.39, 0.29) is 22.6 Å². The normalized spacial score (nSPS) is 11.0. The van der Waals surface area contributed by atoms with Gasteiger partial charge >= 0.3 is 11.5 Å². The van der Waals surface area contributed by atoms with Gasteiger partial charge in [0.1, 0.15) is 6.07 Å². The van der Waals surface area contributed by atoms with Gasteiger partial charge in [-0.25, -0.2) is 4.79 Å². The zero-order valence-corrected chi connectivity index (χ0v) is 11.7. The Kier molecular flexibility index (Phi) is 5.45. The molecular formula is C13H12F3NO2S. The third kappa shape index (κ3) is 4.17. The molecule has 0 aliphatic carbocycles. The Hall–Kier alpha value is -1.68. The number of hydrogen-bond donors (Lipinski definition) is 0. The second-order valence-corrected chi connectivity index (χ2v) is 4.85. The van der Waals surface area contributed by atoms with Gasteiger partial charge in [-0.05, 0) is 42.8 Å². The zero-order valence-electron chi connectivity index (χ0n) is 10.9. The number of hydrogen-bond acceptors (Lipinski definition) is 4. The molecule has 0 saturated carbocycles. The fraction of sp³-hybridized carbons (Fsp3) is 0.385. The number of nitriles is 1. The molecule has 1 aromatic carbocycles. The van der Waals surface area contributed by atoms with E-state index in [9.17, 15) is 18.0 Å². The number of benzene rings is 1. The van der Waals surface area contributed by atoms with Crippen molar-refractivity contribution in [3.63, 3.8) is 0 Å². The van der Waals surface area contributed by atoms with Crippen LogP contribution in [0.15, 0.2) is 17.0 Å². The lowest BCUT2D eigenvalue weighted by Gasteiger charge is -2.12. The molecule has 0 aromatic heterocycles. The number of rotatable bonds is 4. The molecule has 0 atom stereocenters. The third-order valence-electron chi connectivity index (χ3n) is 2.43. The Morgan fingerprint density at radius 3 is 2.50 bits per heavy atom. The second kappa shape index (κ2) is 6.66. The Morgan fingerprint density at radius 2 is 2.05 bits per heavy atom. The average molecular weight is 303 g/mol. The summed E-state index contributed by atoms with van der Waals surface area (Å²) in [6, 6.07) is 4.10. The minimum absolute atomic E-state index is 0.0695. The van der Waals surface area contributed by atoms with Gasteiger partial charge in [-0.15, -0.1) is 0 Å². The van der Waals surface area contributed by atoms with Gasteiger partial charge in [-0.2, -0.15) is 18.4 Å². The van der Waals surface area contributed by atoms with Gasteiger partial charge in [0.2, 0.25) is 0 Å². The van der Waals surface area contributed by atoms with Gasteiger partial charge in [0.25, 0.3) is 0 Å². The maximum atomic E-state index is 12.5. The van der Waals surface area contributed by atoms with E-state index in [0.717, 1.165) is 6.07 Å². The summed E-state index contributed by atoms with van der Waals surface area (Å²) in [5.41, 5.74) is -4.06. The molecule has 0 radical (unpaired) electrons. The van der Waals surface area contributed by atoms with Gasteiger partial charge in [-0.1, -0.05) is 6.92 Å². The van der Waals surface area contributed by atoms with Gasteiger partial charge in [0, 0.05) is 4.90 Å². The molecule has 3 nitrogen and oxygen atoms in total. The standard InChI is InChI=1S/C13H12F3NO2S/c1-3-8-5-9(7-17)11(20-13(14,15)16)6-10(8)12(18)19-4-2/h5-6H,3-4H2,1-2H3. The monoisotopic (exact) mass is 303 g/mol. The Balaban J connectivity index is 3.34. The van der Waals surface area contributed by atoms with Gasteiger partial charge < -0.3 is 4.74 Å². The van der Waals surface area contributed by atoms with Crippen LogP contribution in [-0.2, 0) is 11.2 Å². The Bertz CT molecular complexity index is 550. The molecule has 0 unspecified atom stereocenters. The predicted molar refractivity (Wildman–Crippen MR) is 68.4 cm³/mol. The van der Waals surface area contributed by atoms with E-state index in [2.05, 4.69) is 0 Å². The van der Waals surface area contributed by atoms with Crippen LogP contribution in [0.3, 0.4) is 0 Å². The van der Waals surface area contributed by atoms with Crippen molar-refractivity contribution in [2.45, 2.75) is 30.7 Å². The van der Waals surface area contributed by atoms with Crippen LogP contribution in [-0.4, -0.2) is 18.1 Å². The molecule has 7 heteroatoms. The van der Waals surface area contributed by atoms with E-state index >= 15 is 0 Å². The number of carbonyl (C=O) groups excluding carboxylic acids is 1. The van der Waals surface area contributed by atoms with Crippen molar-refractivity contribution < 1.29 is 22.7 Å². The minimum Gasteiger partial charge on any atom is -0.462 e. The van der Waals surface area contributed by atoms with E-state index in [1.165, 1.54) is 6.07 Å². The molecule has 0 N–H and O–H groups in total. The number of aryl methyl sites for hydroxylation is 1. The van der Waals surface area contributed by atoms with Crippen LogP contribution in [0.25, 0.3) is 0 Å². The highest BCUT2D eigenvalue weighted by Gasteiger charge is 2.31. The Morgan fingerprint density at radius 1 is 1.40 bits per heavy atom. The number of thioether (sulfide) groups is 1. The van der Waals surface area contributed by atoms with Crippen LogP contribution in [0, 0.1) is 11.3 Å². The molecule has 0 amide bonds. The van der Waals surface area contributed by atoms with Gasteiger partial charge in [0.05, 0.1) is 17.7 Å². The number of ether oxygens (including phenoxy) is 1. The summed E-state index contributed by atoms with van der Waals surface area (Å²) in [6.07, 6.45) is 0.416. The first kappa shape index (κ1) is 16.4. The number of esters is 1. The molecule has 0 heterocycles. The lowest BCUT2D eigenvalue weighted by molar-refractivity contribution is -0.0328. The molecule has 0 aliphatic rings. The van der Waals surface area contributed by atoms with Gasteiger partial charge in [0.15, 0.2) is 0 Å². The number of nitrogens with zero attached hydrogens (tertiary/aromatic N) is 1. The van der Waals surface area contributed by atoms with Crippen molar-refractivity contribution in [1.82, 2.24) is 0 Å². The van der Waals surface area contributed by atoms with Crippen LogP contribution in [0.2, 0.25) is 0 Å². The van der Waals surface area contributed by atoms with Crippen molar-refractivity contribution in [1.29, 1.82) is 5.26 Å². The molecule has 0 aliphatic heterocycles. The highest BCUT2D eigenvalue weighted by atomic mass is 32.2. The second-order valence-electron chi connectivity index (χ2n) is 3.74. The molecule has 1 aromatic rings. The summed E-state index contributed by atoms with van der Waals surface area (Å²) in [5, 5.41) is 8.92. The fourth-order valence-electron chi connectivity index (χ4n) is 1.61. The van der Waals surface area contributed by atoms with Crippen molar-refractivity contribution in [3.05, 3.63) is 28.8 Å². The minimum atomic E-state index is -4.52. The van der Waals surface area contributed by atoms with Crippen molar-refractivity contribution in [3.8, 4) is 6.07 Å². The lowest BCUT2D eigenvalue weighted by atomic mass is 10.0. The van der Waals surface area contributed by atoms with Crippen LogP contribution >= 0.6 is 11.8 Å². The average Bonchev–Trinajstić information content (AvgIpc) is 2.36. The third-order valence-corrected chi connectivity index (χ3v) is 3.22. The molecule has 0 spiro atoms. The summed E-state index contributed by atoms with van der Waals surface area (Å²) >= 11 is -0.409. The molecule has 108 valence electrons. The van der Waals surface area contributed by atoms with E-state index in [4.69, 9.17) is 10.00 Å². The summed E-state index contributed by atoms with van der Waals surface area (Å²) < 4.78 is 42.2. The topological polar surface area (TPSA) is 50.1 Å². The molecule has 0 fully saturated rings. The van der Waals surface area contributed by atoms with Crippen molar-refractivity contribution in [2.24, 2.45) is 0 Å². The molecule has 0 bridgehead atoms. The fourth-order valence-corrected chi connectivity index (χ4v) is 2.25. The maximum absolute atomic E-state index is 12.5. The van der Waals surface area contributed by atoms with Gasteiger partial charge in [-0.3, -0.25) is 0 Å². The number of carbonyl (C=O) groups is 1. The number of halogens is 3. The summed E-state index contributed by atoms with van der Waals surface area (Å²) in [6.45, 7) is 3.48. The van der Waals surface area contributed by atoms with E-state index in [1.54, 1.807) is 19.9 Å². The smallest absolute Gasteiger partial charge is 0.446 e. The van der Waals surface area contributed by atoms with E-state index in [0.29, 0.717) is 12.0 Å². The molecule has 1 rings (SSSR count). The van der Waals surface area contributed by atoms with E-state index < -0.39 is 23.2 Å². The molecule has 20 heavy (non-hydrogen) atoms. The van der Waals surface area contributed by atoms with Crippen molar-refractivity contribution >= 4 is 17.7 Å². The maximum Gasteiger partial charge on any atom is 0.446 e. The van der Waals surface area contributed by atoms with Crippen LogP contribution < -0.4 is 0 Å². The first-order valence-electron chi connectivity index (χ1n) is 5.82. The Labute approximate surface area is 118 Å². The molecular weight excluding hydrogens is 291 g/mol. The first-order chi connectivity index (χ1) is 9.32. The predicted octanol–water partition coefficient (Wildman–Crippen LogP) is 3.91. The highest BCUT2D eigenvalue weighted by Crippen LogP contribution is 2.39. The highest BCUT2D eigenvalue weighted by molar-refractivity contribution is 8.00. The van der Waals surface area contributed by atoms with Crippen LogP contribution in [0.4, 0.5) is 13.2 Å². The first-order valence-corrected chi connectivity index (χ1v) is 6.63. The number of alkyl halides is 3. The van der Waals surface area contributed by atoms with Crippen molar-refractivity contribution in [2.75, 3.05) is 6.61 Å². The zero-order chi connectivity index (χ0) is 15.3. The van der Waals surface area contributed by atoms with Crippen LogP contribution in [0.5, 0.6) is 0 Å². The summed E-state index contributed by atoms with van der Waals surface area (Å²) in [5.74, 6) is -0.683. The summed E-state index contributed by atoms with van der Waals surface area (Å²) in [7, 11) is 0. The summed E-state index contributed by atoms with van der Waals surface area (Å²) in [4.78, 5) is 11.5. The lowest BCUT2D eigenvalue weighted by Crippen LogP contribution is -2.10. The quantitative estimate of drug-likeness (QED) is 0.625. The van der Waals surface area contributed by atoms with Crippen LogP contribution in [0.1, 0.15) is 35.3 Å².